The second-order valence-electron chi connectivity index (χ2n) is 4.87. The van der Waals surface area contributed by atoms with E-state index < -0.39 is 0 Å². The van der Waals surface area contributed by atoms with Gasteiger partial charge in [0.15, 0.2) is 5.65 Å². The highest BCUT2D eigenvalue weighted by atomic mass is 35.5. The molecule has 0 aliphatic carbocycles. The molecule has 1 unspecified atom stereocenters. The number of aromatic nitrogens is 4. The minimum absolute atomic E-state index is 0.154. The summed E-state index contributed by atoms with van der Waals surface area (Å²) in [7, 11) is 0. The van der Waals surface area contributed by atoms with Crippen LogP contribution in [-0.4, -0.2) is 19.5 Å². The van der Waals surface area contributed by atoms with Crippen LogP contribution in [0.5, 0.6) is 0 Å². The van der Waals surface area contributed by atoms with E-state index >= 15 is 0 Å². The molecule has 0 amide bonds. The molecule has 4 nitrogen and oxygen atoms in total. The number of fused-ring (bicyclic) bond motifs is 1. The van der Waals surface area contributed by atoms with Crippen LogP contribution >= 0.6 is 22.9 Å². The average molecular weight is 307 g/mol. The Hall–Kier alpha value is -1.46. The Bertz CT molecular complexity index is 760. The average Bonchev–Trinajstić information content (AvgIpc) is 2.94. The summed E-state index contributed by atoms with van der Waals surface area (Å²) < 4.78 is 2.08. The minimum atomic E-state index is -0.154. The quantitative estimate of drug-likeness (QED) is 0.690. The number of aryl methyl sites for hydroxylation is 2. The molecule has 3 aromatic heterocycles. The fourth-order valence-corrected chi connectivity index (χ4v) is 3.17. The summed E-state index contributed by atoms with van der Waals surface area (Å²) in [5.74, 6) is 0.853. The van der Waals surface area contributed by atoms with Crippen LogP contribution in [0.2, 0.25) is 0 Å². The summed E-state index contributed by atoms with van der Waals surface area (Å²) in [5.41, 5.74) is 2.88. The van der Waals surface area contributed by atoms with Crippen molar-refractivity contribution in [1.29, 1.82) is 0 Å². The van der Waals surface area contributed by atoms with Crippen molar-refractivity contribution in [2.45, 2.75) is 32.7 Å². The third kappa shape index (κ3) is 2.43. The number of hydrogen-bond donors (Lipinski definition) is 0. The molecule has 1 atom stereocenters. The maximum Gasteiger partial charge on any atom is 0.160 e. The van der Waals surface area contributed by atoms with Gasteiger partial charge in [-0.15, -0.1) is 22.9 Å². The van der Waals surface area contributed by atoms with Crippen LogP contribution in [0.15, 0.2) is 18.5 Å². The number of alkyl halides is 1. The molecular weight excluding hydrogens is 292 g/mol. The molecule has 0 saturated carbocycles. The number of imidazole rings is 1. The monoisotopic (exact) mass is 306 g/mol. The van der Waals surface area contributed by atoms with Gasteiger partial charge < -0.3 is 4.57 Å². The second-order valence-corrected chi connectivity index (χ2v) is 6.85. The molecule has 3 aromatic rings. The fourth-order valence-electron chi connectivity index (χ4n) is 2.22. The van der Waals surface area contributed by atoms with Gasteiger partial charge in [-0.05, 0) is 32.4 Å². The molecule has 104 valence electrons. The highest BCUT2D eigenvalue weighted by Crippen LogP contribution is 2.26. The molecule has 0 aromatic carbocycles. The maximum atomic E-state index is 6.27. The van der Waals surface area contributed by atoms with E-state index in [9.17, 15) is 0 Å². The van der Waals surface area contributed by atoms with Crippen LogP contribution < -0.4 is 0 Å². The zero-order valence-corrected chi connectivity index (χ0v) is 13.2. The molecule has 0 saturated heterocycles. The molecule has 0 aliphatic heterocycles. The summed E-state index contributed by atoms with van der Waals surface area (Å²) in [4.78, 5) is 14.6. The van der Waals surface area contributed by atoms with Crippen LogP contribution in [0.4, 0.5) is 0 Å². The molecule has 0 aliphatic rings. The van der Waals surface area contributed by atoms with Crippen molar-refractivity contribution in [2.75, 3.05) is 0 Å². The lowest BCUT2D eigenvalue weighted by Gasteiger charge is -2.08. The molecule has 6 heteroatoms. The van der Waals surface area contributed by atoms with Crippen LogP contribution in [-0.2, 0) is 6.54 Å². The van der Waals surface area contributed by atoms with Gasteiger partial charge in [0.25, 0.3) is 0 Å². The zero-order chi connectivity index (χ0) is 14.3. The first-order valence-corrected chi connectivity index (χ1v) is 7.68. The van der Waals surface area contributed by atoms with Gasteiger partial charge in [0.2, 0.25) is 0 Å². The molecule has 0 spiro atoms. The van der Waals surface area contributed by atoms with Crippen LogP contribution in [0, 0.1) is 13.8 Å². The normalized spacial score (nSPS) is 13.0. The number of halogens is 1. The Morgan fingerprint density at radius 1 is 1.30 bits per heavy atom. The predicted octanol–water partition coefficient (Wildman–Crippen LogP) is 3.85. The second kappa shape index (κ2) is 5.14. The Balaban J connectivity index is 2.13. The van der Waals surface area contributed by atoms with Gasteiger partial charge in [-0.3, -0.25) is 0 Å². The molecule has 0 radical (unpaired) electrons. The zero-order valence-electron chi connectivity index (χ0n) is 11.6. The summed E-state index contributed by atoms with van der Waals surface area (Å²) in [5, 5.41) is 0.909. The summed E-state index contributed by atoms with van der Waals surface area (Å²) >= 11 is 7.96. The summed E-state index contributed by atoms with van der Waals surface area (Å²) in [6.07, 6.45) is 3.77. The van der Waals surface area contributed by atoms with Gasteiger partial charge in [0, 0.05) is 17.3 Å². The Labute approximate surface area is 126 Å². The van der Waals surface area contributed by atoms with Crippen LogP contribution in [0.3, 0.4) is 0 Å². The SMILES string of the molecule is Cc1cnc2c(c1)nc(C(C)Cl)n2Cc1cnc(C)s1. The summed E-state index contributed by atoms with van der Waals surface area (Å²) in [6, 6.07) is 2.04. The third-order valence-corrected chi connectivity index (χ3v) is 4.18. The van der Waals surface area contributed by atoms with E-state index in [0.29, 0.717) is 6.54 Å². The van der Waals surface area contributed by atoms with Gasteiger partial charge in [-0.25, -0.2) is 15.0 Å². The van der Waals surface area contributed by atoms with E-state index in [1.165, 1.54) is 4.88 Å². The Morgan fingerprint density at radius 2 is 2.10 bits per heavy atom. The molecule has 20 heavy (non-hydrogen) atoms. The minimum Gasteiger partial charge on any atom is -0.306 e. The van der Waals surface area contributed by atoms with E-state index in [1.54, 1.807) is 11.3 Å². The van der Waals surface area contributed by atoms with E-state index in [2.05, 4.69) is 19.5 Å². The fraction of sp³-hybridized carbons (Fsp3) is 0.357. The highest BCUT2D eigenvalue weighted by Gasteiger charge is 2.16. The molecule has 0 N–H and O–H groups in total. The maximum absolute atomic E-state index is 6.27. The van der Waals surface area contributed by atoms with E-state index in [0.717, 1.165) is 27.6 Å². The molecule has 3 heterocycles. The van der Waals surface area contributed by atoms with Crippen molar-refractivity contribution in [1.82, 2.24) is 19.5 Å². The first-order chi connectivity index (χ1) is 9.54. The lowest BCUT2D eigenvalue weighted by Crippen LogP contribution is -2.05. The smallest absolute Gasteiger partial charge is 0.160 e. The topological polar surface area (TPSA) is 43.6 Å². The van der Waals surface area contributed by atoms with Crippen LogP contribution in [0.1, 0.15) is 33.6 Å². The lowest BCUT2D eigenvalue weighted by molar-refractivity contribution is 0.743. The Kier molecular flexibility index (Phi) is 3.48. The van der Waals surface area contributed by atoms with Crippen molar-refractivity contribution in [3.63, 3.8) is 0 Å². The number of nitrogens with zero attached hydrogens (tertiary/aromatic N) is 4. The van der Waals surface area contributed by atoms with Gasteiger partial charge >= 0.3 is 0 Å². The van der Waals surface area contributed by atoms with Gasteiger partial charge in [0.1, 0.15) is 11.3 Å². The molecule has 0 fully saturated rings. The van der Waals surface area contributed by atoms with E-state index in [1.807, 2.05) is 39.2 Å². The van der Waals surface area contributed by atoms with E-state index in [-0.39, 0.29) is 5.38 Å². The molecule has 0 bridgehead atoms. The first-order valence-electron chi connectivity index (χ1n) is 6.43. The summed E-state index contributed by atoms with van der Waals surface area (Å²) in [6.45, 7) is 6.67. The third-order valence-electron chi connectivity index (χ3n) is 3.09. The van der Waals surface area contributed by atoms with Crippen molar-refractivity contribution < 1.29 is 0 Å². The number of thiazole rings is 1. The molecule has 3 rings (SSSR count). The van der Waals surface area contributed by atoms with Crippen molar-refractivity contribution in [2.24, 2.45) is 0 Å². The molecular formula is C14H15ClN4S. The predicted molar refractivity (Wildman–Crippen MR) is 82.5 cm³/mol. The van der Waals surface area contributed by atoms with Gasteiger partial charge in [-0.2, -0.15) is 0 Å². The first kappa shape index (κ1) is 13.5. The van der Waals surface area contributed by atoms with E-state index in [4.69, 9.17) is 11.6 Å². The van der Waals surface area contributed by atoms with Crippen molar-refractivity contribution >= 4 is 34.1 Å². The number of rotatable bonds is 3. The van der Waals surface area contributed by atoms with Crippen LogP contribution in [0.25, 0.3) is 11.2 Å². The van der Waals surface area contributed by atoms with Crippen molar-refractivity contribution in [3.05, 3.63) is 39.7 Å². The van der Waals surface area contributed by atoms with Gasteiger partial charge in [0.05, 0.1) is 16.9 Å². The number of hydrogen-bond acceptors (Lipinski definition) is 4. The lowest BCUT2D eigenvalue weighted by atomic mass is 10.3. The van der Waals surface area contributed by atoms with Gasteiger partial charge in [-0.1, -0.05) is 0 Å². The Morgan fingerprint density at radius 3 is 2.75 bits per heavy atom. The number of pyridine rings is 1. The van der Waals surface area contributed by atoms with Crippen molar-refractivity contribution in [3.8, 4) is 0 Å². The highest BCUT2D eigenvalue weighted by molar-refractivity contribution is 7.11. The standard InChI is InChI=1S/C14H15ClN4S/c1-8-4-12-14(17-5-8)19(13(18-12)9(2)15)7-11-6-16-10(3)20-11/h4-6,9H,7H2,1-3H3. The largest absolute Gasteiger partial charge is 0.306 e.